The summed E-state index contributed by atoms with van der Waals surface area (Å²) in [6, 6.07) is 18.0. The number of piperidine rings is 3. The van der Waals surface area contributed by atoms with Gasteiger partial charge in [-0.15, -0.1) is 0 Å². The summed E-state index contributed by atoms with van der Waals surface area (Å²) in [5.41, 5.74) is 0.730. The third kappa shape index (κ3) is 6.48. The number of hydrogen-bond donors (Lipinski definition) is 0. The molecule has 6 rings (SSSR count). The number of halogens is 3. The molecule has 40 heavy (non-hydrogen) atoms. The zero-order chi connectivity index (χ0) is 28.3. The molecular weight excluding hydrogens is 558 g/mol. The van der Waals surface area contributed by atoms with E-state index in [1.165, 1.54) is 35.2 Å². The predicted molar refractivity (Wildman–Crippen MR) is 150 cm³/mol. The van der Waals surface area contributed by atoms with Crippen molar-refractivity contribution in [3.63, 3.8) is 0 Å². The van der Waals surface area contributed by atoms with Crippen LogP contribution in [0.1, 0.15) is 24.8 Å². The molecule has 3 aliphatic heterocycles. The first-order valence-electron chi connectivity index (χ1n) is 13.4. The first kappa shape index (κ1) is 28.5. The van der Waals surface area contributed by atoms with Crippen LogP contribution in [0.15, 0.2) is 77.7 Å². The molecule has 3 aromatic rings. The van der Waals surface area contributed by atoms with Gasteiger partial charge in [-0.25, -0.2) is 22.0 Å². The second kappa shape index (κ2) is 11.8. The zero-order valence-electron chi connectivity index (χ0n) is 22.0. The van der Waals surface area contributed by atoms with Gasteiger partial charge in [0.1, 0.15) is 18.2 Å². The van der Waals surface area contributed by atoms with E-state index in [0.717, 1.165) is 25.9 Å². The molecule has 0 aromatic heterocycles. The van der Waals surface area contributed by atoms with Gasteiger partial charge >= 0.3 is 6.09 Å². The number of benzene rings is 3. The van der Waals surface area contributed by atoms with Crippen molar-refractivity contribution in [3.8, 4) is 0 Å². The van der Waals surface area contributed by atoms with Gasteiger partial charge in [0, 0.05) is 30.2 Å². The summed E-state index contributed by atoms with van der Waals surface area (Å²) < 4.78 is 60.7. The Morgan fingerprint density at radius 1 is 1.00 bits per heavy atom. The highest BCUT2D eigenvalue weighted by Crippen LogP contribution is 2.37. The van der Waals surface area contributed by atoms with Crippen LogP contribution in [0.3, 0.4) is 0 Å². The van der Waals surface area contributed by atoms with Gasteiger partial charge < -0.3 is 9.22 Å². The normalized spacial score (nSPS) is 22.2. The lowest BCUT2D eigenvalue weighted by Gasteiger charge is -2.52. The molecule has 6 nitrogen and oxygen atoms in total. The Morgan fingerprint density at radius 2 is 1.73 bits per heavy atom. The van der Waals surface area contributed by atoms with Crippen molar-refractivity contribution in [1.82, 2.24) is 0 Å². The summed E-state index contributed by atoms with van der Waals surface area (Å²) in [6.07, 6.45) is 1.20. The lowest BCUT2D eigenvalue weighted by Crippen LogP contribution is -2.65. The van der Waals surface area contributed by atoms with Crippen molar-refractivity contribution in [3.05, 3.63) is 95.0 Å². The third-order valence-corrected chi connectivity index (χ3v) is 10.1. The molecule has 0 N–H and O–H groups in total. The standard InChI is InChI=1S/C30H32ClF2N2O4S/c31-24-5-3-6-26(19-24)40(37,38)18-4-15-35-16-13-23(14-17-35)29(21-35)39-30(36)34(28-8-2-1-7-27(28)33)20-22-9-11-25(32)12-10-22/h1-3,5-12,19,23,29H,4,13-18,20-21H2/q+1. The van der Waals surface area contributed by atoms with Crippen molar-refractivity contribution in [1.29, 1.82) is 0 Å². The van der Waals surface area contributed by atoms with Crippen LogP contribution in [0.25, 0.3) is 0 Å². The Bertz CT molecular complexity index is 1460. The fraction of sp³-hybridized carbons (Fsp3) is 0.367. The number of carbonyl (C=O) groups excluding carboxylic acids is 1. The van der Waals surface area contributed by atoms with E-state index in [4.69, 9.17) is 16.3 Å². The summed E-state index contributed by atoms with van der Waals surface area (Å²) in [5, 5.41) is 0.384. The molecule has 3 saturated heterocycles. The number of nitrogens with zero attached hydrogens (tertiary/aromatic N) is 2. The minimum Gasteiger partial charge on any atom is -0.440 e. The van der Waals surface area contributed by atoms with Crippen LogP contribution in [-0.2, 0) is 21.1 Å². The molecule has 1 atom stereocenters. The third-order valence-electron chi connectivity index (χ3n) is 8.11. The minimum atomic E-state index is -3.46. The molecule has 212 valence electrons. The Kier molecular flexibility index (Phi) is 8.44. The smallest absolute Gasteiger partial charge is 0.415 e. The van der Waals surface area contributed by atoms with Crippen LogP contribution in [0.2, 0.25) is 5.02 Å². The van der Waals surface area contributed by atoms with E-state index < -0.39 is 27.6 Å². The fourth-order valence-electron chi connectivity index (χ4n) is 5.92. The van der Waals surface area contributed by atoms with E-state index >= 15 is 0 Å². The maximum absolute atomic E-state index is 14.8. The summed E-state index contributed by atoms with van der Waals surface area (Å²) in [6.45, 7) is 3.09. The Morgan fingerprint density at radius 3 is 2.42 bits per heavy atom. The van der Waals surface area contributed by atoms with Crippen LogP contribution in [0.4, 0.5) is 19.3 Å². The molecule has 1 unspecified atom stereocenters. The zero-order valence-corrected chi connectivity index (χ0v) is 23.6. The van der Waals surface area contributed by atoms with Gasteiger partial charge in [-0.1, -0.05) is 41.9 Å². The average molecular weight is 590 g/mol. The average Bonchev–Trinajstić information content (AvgIpc) is 2.93. The van der Waals surface area contributed by atoms with Gasteiger partial charge in [-0.05, 0) is 48.0 Å². The molecule has 3 heterocycles. The largest absolute Gasteiger partial charge is 0.440 e. The number of anilines is 1. The number of rotatable bonds is 9. The molecule has 10 heteroatoms. The first-order valence-corrected chi connectivity index (χ1v) is 15.5. The first-order chi connectivity index (χ1) is 19.1. The molecule has 3 aliphatic rings. The van der Waals surface area contributed by atoms with Crippen molar-refractivity contribution in [2.75, 3.05) is 36.8 Å². The van der Waals surface area contributed by atoms with Crippen LogP contribution in [0.5, 0.6) is 0 Å². The molecule has 0 saturated carbocycles. The second-order valence-electron chi connectivity index (χ2n) is 10.7. The van der Waals surface area contributed by atoms with E-state index in [1.54, 1.807) is 42.5 Å². The number of amides is 1. The summed E-state index contributed by atoms with van der Waals surface area (Å²) in [4.78, 5) is 15.0. The summed E-state index contributed by atoms with van der Waals surface area (Å²) in [7, 11) is -3.46. The van der Waals surface area contributed by atoms with Crippen molar-refractivity contribution in [2.24, 2.45) is 5.92 Å². The van der Waals surface area contributed by atoms with Gasteiger partial charge in [0.2, 0.25) is 0 Å². The van der Waals surface area contributed by atoms with Gasteiger partial charge in [-0.3, -0.25) is 4.90 Å². The minimum absolute atomic E-state index is 0.0138. The van der Waals surface area contributed by atoms with Crippen molar-refractivity contribution in [2.45, 2.75) is 36.8 Å². The maximum Gasteiger partial charge on any atom is 0.415 e. The van der Waals surface area contributed by atoms with Crippen molar-refractivity contribution < 1.29 is 31.2 Å². The summed E-state index contributed by atoms with van der Waals surface area (Å²) in [5.74, 6) is -0.738. The highest BCUT2D eigenvalue weighted by Gasteiger charge is 2.48. The SMILES string of the molecule is O=C(OC1C[N+]2(CCCS(=O)(=O)c3cccc(Cl)c3)CCC1CC2)N(Cc1ccc(F)cc1)c1ccccc1F. The highest BCUT2D eigenvalue weighted by molar-refractivity contribution is 7.91. The molecule has 0 aliphatic carbocycles. The van der Waals surface area contributed by atoms with E-state index in [2.05, 4.69) is 0 Å². The number of fused-ring (bicyclic) bond motifs is 3. The maximum atomic E-state index is 14.8. The Hall–Kier alpha value is -3.01. The van der Waals surface area contributed by atoms with E-state index in [0.29, 0.717) is 34.6 Å². The van der Waals surface area contributed by atoms with Crippen LogP contribution in [0, 0.1) is 17.6 Å². The lowest BCUT2D eigenvalue weighted by molar-refractivity contribution is -0.946. The number of ether oxygens (including phenoxy) is 1. The number of sulfone groups is 1. The predicted octanol–water partition coefficient (Wildman–Crippen LogP) is 6.23. The summed E-state index contributed by atoms with van der Waals surface area (Å²) >= 11 is 5.99. The number of carbonyl (C=O) groups is 1. The van der Waals surface area contributed by atoms with E-state index in [-0.39, 0.29) is 34.9 Å². The second-order valence-corrected chi connectivity index (χ2v) is 13.3. The molecule has 3 aromatic carbocycles. The fourth-order valence-corrected chi connectivity index (χ4v) is 7.51. The Labute approximate surface area is 238 Å². The quantitative estimate of drug-likeness (QED) is 0.277. The molecule has 2 bridgehead atoms. The molecular formula is C30H32ClF2N2O4S+. The van der Waals surface area contributed by atoms with Crippen molar-refractivity contribution >= 4 is 33.2 Å². The Balaban J connectivity index is 1.27. The number of para-hydroxylation sites is 1. The van der Waals surface area contributed by atoms with Gasteiger partial charge in [-0.2, -0.15) is 0 Å². The lowest BCUT2D eigenvalue weighted by atomic mass is 9.83. The molecule has 0 spiro atoms. The monoisotopic (exact) mass is 589 g/mol. The topological polar surface area (TPSA) is 63.7 Å². The van der Waals surface area contributed by atoms with Gasteiger partial charge in [0.15, 0.2) is 15.9 Å². The van der Waals surface area contributed by atoms with Crippen LogP contribution >= 0.6 is 11.6 Å². The molecule has 1 amide bonds. The molecule has 3 fully saturated rings. The van der Waals surface area contributed by atoms with Crippen LogP contribution < -0.4 is 4.90 Å². The van der Waals surface area contributed by atoms with E-state index in [9.17, 15) is 22.0 Å². The van der Waals surface area contributed by atoms with Gasteiger partial charge in [0.05, 0.1) is 42.5 Å². The van der Waals surface area contributed by atoms with E-state index in [1.807, 2.05) is 0 Å². The number of hydrogen-bond acceptors (Lipinski definition) is 4. The molecule has 0 radical (unpaired) electrons. The number of quaternary nitrogens is 1. The van der Waals surface area contributed by atoms with Crippen LogP contribution in [-0.4, -0.2) is 57.0 Å². The highest BCUT2D eigenvalue weighted by atomic mass is 35.5. The van der Waals surface area contributed by atoms with Gasteiger partial charge in [0.25, 0.3) is 0 Å².